The van der Waals surface area contributed by atoms with Crippen molar-refractivity contribution in [2.45, 2.75) is 31.7 Å². The Morgan fingerprint density at radius 1 is 1.11 bits per heavy atom. The highest BCUT2D eigenvalue weighted by Gasteiger charge is 2.49. The Bertz CT molecular complexity index is 1640. The molecule has 0 fully saturated rings. The van der Waals surface area contributed by atoms with Crippen LogP contribution in [0.1, 0.15) is 35.6 Å². The fourth-order valence-electron chi connectivity index (χ4n) is 4.63. The van der Waals surface area contributed by atoms with E-state index < -0.39 is 35.8 Å². The van der Waals surface area contributed by atoms with Crippen molar-refractivity contribution in [3.63, 3.8) is 0 Å². The number of carbonyl (C=O) groups is 2. The minimum Gasteiger partial charge on any atom is -0.481 e. The molecular weight excluding hydrogens is 518 g/mol. The van der Waals surface area contributed by atoms with E-state index in [0.29, 0.717) is 37.8 Å². The van der Waals surface area contributed by atoms with Crippen LogP contribution in [0.2, 0.25) is 5.02 Å². The Labute approximate surface area is 219 Å². The SMILES string of the molecule is Cc1ccc(C2CC(c3c(-c4ccc(Cl)cc4)c4cc[nH]c4[nH]c3=O)=NN2C(=O)C(F)(F)CC(=O)O)cc1. The van der Waals surface area contributed by atoms with Crippen LogP contribution in [0.5, 0.6) is 0 Å². The van der Waals surface area contributed by atoms with Gasteiger partial charge in [0.2, 0.25) is 0 Å². The van der Waals surface area contributed by atoms with Gasteiger partial charge in [0, 0.05) is 28.6 Å². The molecular formula is C27H21ClF2N4O4. The molecule has 1 aliphatic heterocycles. The van der Waals surface area contributed by atoms with Crippen LogP contribution in [-0.2, 0) is 9.59 Å². The summed E-state index contributed by atoms with van der Waals surface area (Å²) in [6.07, 6.45) is -0.0745. The lowest BCUT2D eigenvalue weighted by molar-refractivity contribution is -0.167. The van der Waals surface area contributed by atoms with Gasteiger partial charge in [-0.15, -0.1) is 0 Å². The van der Waals surface area contributed by atoms with Crippen LogP contribution in [0, 0.1) is 6.92 Å². The Morgan fingerprint density at radius 3 is 2.45 bits per heavy atom. The summed E-state index contributed by atoms with van der Waals surface area (Å²) in [4.78, 5) is 43.1. The van der Waals surface area contributed by atoms with Crippen molar-refractivity contribution in [1.29, 1.82) is 0 Å². The summed E-state index contributed by atoms with van der Waals surface area (Å²) < 4.78 is 29.4. The highest BCUT2D eigenvalue weighted by molar-refractivity contribution is 6.30. The van der Waals surface area contributed by atoms with Crippen molar-refractivity contribution in [3.8, 4) is 11.1 Å². The van der Waals surface area contributed by atoms with Crippen molar-refractivity contribution in [3.05, 3.63) is 92.9 Å². The number of rotatable bonds is 6. The number of alkyl halides is 2. The van der Waals surface area contributed by atoms with Gasteiger partial charge in [-0.05, 0) is 36.2 Å². The zero-order valence-corrected chi connectivity index (χ0v) is 20.7. The second kappa shape index (κ2) is 9.53. The number of pyridine rings is 1. The van der Waals surface area contributed by atoms with E-state index in [4.69, 9.17) is 16.7 Å². The number of fused-ring (bicyclic) bond motifs is 1. The lowest BCUT2D eigenvalue weighted by Gasteiger charge is -2.25. The zero-order chi connectivity index (χ0) is 27.2. The number of aryl methyl sites for hydroxylation is 1. The van der Waals surface area contributed by atoms with Crippen molar-refractivity contribution >= 4 is 40.2 Å². The number of amides is 1. The monoisotopic (exact) mass is 538 g/mol. The molecule has 0 saturated carbocycles. The molecule has 8 nitrogen and oxygen atoms in total. The van der Waals surface area contributed by atoms with Crippen molar-refractivity contribution in [2.75, 3.05) is 0 Å². The molecule has 2 aromatic heterocycles. The molecule has 194 valence electrons. The number of hydrazone groups is 1. The van der Waals surface area contributed by atoms with E-state index in [9.17, 15) is 23.2 Å². The zero-order valence-electron chi connectivity index (χ0n) is 20.0. The summed E-state index contributed by atoms with van der Waals surface area (Å²) in [5.74, 6) is -7.78. The number of hydrogen-bond acceptors (Lipinski definition) is 4. The Hall–Kier alpha value is -4.31. The number of carbonyl (C=O) groups excluding carboxylic acids is 1. The fourth-order valence-corrected chi connectivity index (χ4v) is 4.75. The highest BCUT2D eigenvalue weighted by atomic mass is 35.5. The lowest BCUT2D eigenvalue weighted by Crippen LogP contribution is -2.42. The minimum atomic E-state index is -4.20. The molecule has 4 aromatic rings. The molecule has 0 radical (unpaired) electrons. The Kier molecular flexibility index (Phi) is 6.36. The maximum Gasteiger partial charge on any atom is 0.337 e. The van der Waals surface area contributed by atoms with Crippen molar-refractivity contribution in [1.82, 2.24) is 15.0 Å². The molecule has 1 unspecified atom stereocenters. The van der Waals surface area contributed by atoms with E-state index >= 15 is 0 Å². The highest BCUT2D eigenvalue weighted by Crippen LogP contribution is 2.39. The second-order valence-electron chi connectivity index (χ2n) is 9.08. The van der Waals surface area contributed by atoms with Crippen LogP contribution < -0.4 is 5.56 Å². The van der Waals surface area contributed by atoms with Crippen LogP contribution in [0.15, 0.2) is 70.7 Å². The maximum absolute atomic E-state index is 14.7. The van der Waals surface area contributed by atoms with Crippen molar-refractivity contribution in [2.24, 2.45) is 5.10 Å². The van der Waals surface area contributed by atoms with Gasteiger partial charge in [0.25, 0.3) is 5.56 Å². The number of benzene rings is 2. The first kappa shape index (κ1) is 25.3. The number of aromatic nitrogens is 2. The number of nitrogens with zero attached hydrogens (tertiary/aromatic N) is 2. The summed E-state index contributed by atoms with van der Waals surface area (Å²) in [5, 5.41) is 14.9. The van der Waals surface area contributed by atoms with Gasteiger partial charge in [0.15, 0.2) is 0 Å². The van der Waals surface area contributed by atoms with E-state index in [2.05, 4.69) is 15.1 Å². The van der Waals surface area contributed by atoms with Crippen LogP contribution in [0.4, 0.5) is 8.78 Å². The third-order valence-electron chi connectivity index (χ3n) is 6.42. The van der Waals surface area contributed by atoms with E-state index in [-0.39, 0.29) is 17.7 Å². The molecule has 1 atom stereocenters. The maximum atomic E-state index is 14.7. The smallest absolute Gasteiger partial charge is 0.337 e. The first-order valence-corrected chi connectivity index (χ1v) is 12.0. The summed E-state index contributed by atoms with van der Waals surface area (Å²) in [6.45, 7) is 1.86. The second-order valence-corrected chi connectivity index (χ2v) is 9.52. The van der Waals surface area contributed by atoms with Gasteiger partial charge in [-0.3, -0.25) is 14.4 Å². The number of halogens is 3. The minimum absolute atomic E-state index is 0.0441. The molecule has 3 heterocycles. The Morgan fingerprint density at radius 2 is 1.79 bits per heavy atom. The molecule has 2 aromatic carbocycles. The summed E-state index contributed by atoms with van der Waals surface area (Å²) in [6, 6.07) is 14.5. The van der Waals surface area contributed by atoms with Crippen LogP contribution >= 0.6 is 11.6 Å². The number of carboxylic acid groups (broad SMARTS) is 1. The molecule has 1 aliphatic rings. The average molecular weight is 539 g/mol. The quantitative estimate of drug-likeness (QED) is 0.310. The standard InChI is InChI=1S/C27H21ClF2N4O4/c1-14-2-4-15(5-3-14)20-12-19(33-34(20)26(38)27(29,30)13-21(35)36)23-22(16-6-8-17(28)9-7-16)18-10-11-31-24(18)32-25(23)37/h2-11,20H,12-13H2,1H3,(H,35,36)(H2,31,32,37). The largest absolute Gasteiger partial charge is 0.481 e. The van der Waals surface area contributed by atoms with Gasteiger partial charge in [0.1, 0.15) is 12.1 Å². The molecule has 1 amide bonds. The first-order chi connectivity index (χ1) is 18.0. The van der Waals surface area contributed by atoms with Crippen LogP contribution in [0.3, 0.4) is 0 Å². The van der Waals surface area contributed by atoms with E-state index in [1.807, 2.05) is 6.92 Å². The first-order valence-electron chi connectivity index (χ1n) is 11.6. The van der Waals surface area contributed by atoms with Gasteiger partial charge in [-0.2, -0.15) is 13.9 Å². The number of hydrogen-bond donors (Lipinski definition) is 3. The molecule has 3 N–H and O–H groups in total. The molecule has 0 bridgehead atoms. The van der Waals surface area contributed by atoms with Crippen LogP contribution in [0.25, 0.3) is 22.2 Å². The summed E-state index contributed by atoms with van der Waals surface area (Å²) in [5.41, 5.74) is 2.72. The third-order valence-corrected chi connectivity index (χ3v) is 6.67. The van der Waals surface area contributed by atoms with Gasteiger partial charge >= 0.3 is 17.8 Å². The summed E-state index contributed by atoms with van der Waals surface area (Å²) >= 11 is 6.07. The predicted molar refractivity (Wildman–Crippen MR) is 138 cm³/mol. The number of carboxylic acids is 1. The van der Waals surface area contributed by atoms with E-state index in [1.165, 1.54) is 0 Å². The Balaban J connectivity index is 1.70. The lowest BCUT2D eigenvalue weighted by atomic mass is 9.92. The molecule has 0 spiro atoms. The molecule has 0 aliphatic carbocycles. The number of aromatic amines is 2. The third kappa shape index (κ3) is 4.58. The van der Waals surface area contributed by atoms with Crippen molar-refractivity contribution < 1.29 is 23.5 Å². The van der Waals surface area contributed by atoms with Gasteiger partial charge in [0.05, 0.1) is 17.3 Å². The molecule has 0 saturated heterocycles. The predicted octanol–water partition coefficient (Wildman–Crippen LogP) is 5.27. The van der Waals surface area contributed by atoms with Gasteiger partial charge in [-0.25, -0.2) is 5.01 Å². The normalized spacial score (nSPS) is 15.6. The summed E-state index contributed by atoms with van der Waals surface area (Å²) in [7, 11) is 0. The van der Waals surface area contributed by atoms with E-state index in [1.54, 1.807) is 60.8 Å². The van der Waals surface area contributed by atoms with Gasteiger partial charge < -0.3 is 15.1 Å². The average Bonchev–Trinajstić information content (AvgIpc) is 3.50. The molecule has 38 heavy (non-hydrogen) atoms. The molecule has 11 heteroatoms. The number of nitrogens with one attached hydrogen (secondary N) is 2. The van der Waals surface area contributed by atoms with E-state index in [0.717, 1.165) is 5.56 Å². The number of aliphatic carboxylic acids is 1. The topological polar surface area (TPSA) is 119 Å². The van der Waals surface area contributed by atoms with Gasteiger partial charge in [-0.1, -0.05) is 53.6 Å². The number of H-pyrrole nitrogens is 2. The fraction of sp³-hybridized carbons (Fsp3) is 0.185. The molecule has 5 rings (SSSR count). The van der Waals surface area contributed by atoms with Crippen LogP contribution in [-0.4, -0.2) is 43.6 Å².